The molecular weight excluding hydrogens is 204 g/mol. The molecule has 1 aliphatic rings. The number of nitrogens with zero attached hydrogens (tertiary/aromatic N) is 1. The van der Waals surface area contributed by atoms with Crippen LogP contribution in [0.5, 0.6) is 0 Å². The van der Waals surface area contributed by atoms with Crippen LogP contribution < -0.4 is 5.32 Å². The Labute approximate surface area is 100 Å². The van der Waals surface area contributed by atoms with Crippen LogP contribution in [-0.4, -0.2) is 50.2 Å². The molecule has 0 spiro atoms. The molecule has 4 nitrogen and oxygen atoms in total. The van der Waals surface area contributed by atoms with Gasteiger partial charge in [-0.2, -0.15) is 0 Å². The standard InChI is InChI=1S/C8H16N2O2.2C2H6/c1-7(11)12-6-8-5-10(2)4-3-9-8;2*1-2/h8-9H,3-6H2,1-2H3;2*1-2H3. The van der Waals surface area contributed by atoms with E-state index < -0.39 is 0 Å². The topological polar surface area (TPSA) is 41.6 Å². The summed E-state index contributed by atoms with van der Waals surface area (Å²) in [5.41, 5.74) is 0. The maximum atomic E-state index is 10.5. The first kappa shape index (κ1) is 17.8. The van der Waals surface area contributed by atoms with Crippen LogP contribution in [0.1, 0.15) is 34.6 Å². The van der Waals surface area contributed by atoms with Crippen LogP contribution in [0.25, 0.3) is 0 Å². The monoisotopic (exact) mass is 232 g/mol. The molecule has 0 aliphatic carbocycles. The quantitative estimate of drug-likeness (QED) is 0.733. The third-order valence-corrected chi connectivity index (χ3v) is 1.95. The molecule has 98 valence electrons. The van der Waals surface area contributed by atoms with E-state index in [0.717, 1.165) is 19.6 Å². The molecule has 4 heteroatoms. The fourth-order valence-corrected chi connectivity index (χ4v) is 1.32. The molecule has 0 amide bonds. The minimum Gasteiger partial charge on any atom is -0.464 e. The van der Waals surface area contributed by atoms with Gasteiger partial charge in [0.2, 0.25) is 0 Å². The number of piperazine rings is 1. The van der Waals surface area contributed by atoms with E-state index >= 15 is 0 Å². The molecule has 0 saturated carbocycles. The summed E-state index contributed by atoms with van der Waals surface area (Å²) in [6, 6.07) is 0.299. The number of carbonyl (C=O) groups excluding carboxylic acids is 1. The molecule has 1 N–H and O–H groups in total. The van der Waals surface area contributed by atoms with Crippen LogP contribution >= 0.6 is 0 Å². The summed E-state index contributed by atoms with van der Waals surface area (Å²) in [4.78, 5) is 12.7. The van der Waals surface area contributed by atoms with Crippen molar-refractivity contribution in [2.45, 2.75) is 40.7 Å². The highest BCUT2D eigenvalue weighted by atomic mass is 16.5. The Kier molecular flexibility index (Phi) is 13.8. The molecule has 0 radical (unpaired) electrons. The molecule has 1 atom stereocenters. The largest absolute Gasteiger partial charge is 0.464 e. The fourth-order valence-electron chi connectivity index (χ4n) is 1.32. The van der Waals surface area contributed by atoms with Crippen LogP contribution in [0.15, 0.2) is 0 Å². The second-order valence-electron chi connectivity index (χ2n) is 3.22. The zero-order valence-electron chi connectivity index (χ0n) is 11.7. The summed E-state index contributed by atoms with van der Waals surface area (Å²) in [5.74, 6) is -0.204. The van der Waals surface area contributed by atoms with Gasteiger partial charge < -0.3 is 15.0 Å². The molecule has 0 aromatic rings. The van der Waals surface area contributed by atoms with Gasteiger partial charge in [-0.05, 0) is 7.05 Å². The molecule has 1 heterocycles. The lowest BCUT2D eigenvalue weighted by molar-refractivity contribution is -0.142. The smallest absolute Gasteiger partial charge is 0.302 e. The summed E-state index contributed by atoms with van der Waals surface area (Å²) in [6.07, 6.45) is 0. The maximum Gasteiger partial charge on any atom is 0.302 e. The Bertz CT molecular complexity index is 163. The zero-order chi connectivity index (χ0) is 13.0. The first-order chi connectivity index (χ1) is 7.68. The molecule has 0 aromatic heterocycles. The predicted molar refractivity (Wildman–Crippen MR) is 68.6 cm³/mol. The van der Waals surface area contributed by atoms with Crippen molar-refractivity contribution in [3.8, 4) is 0 Å². The normalized spacial score (nSPS) is 19.8. The van der Waals surface area contributed by atoms with Crippen molar-refractivity contribution < 1.29 is 9.53 Å². The van der Waals surface area contributed by atoms with Crippen molar-refractivity contribution in [2.24, 2.45) is 0 Å². The minimum absolute atomic E-state index is 0.204. The highest BCUT2D eigenvalue weighted by Gasteiger charge is 2.16. The van der Waals surface area contributed by atoms with E-state index in [0.29, 0.717) is 12.6 Å². The lowest BCUT2D eigenvalue weighted by Crippen LogP contribution is -2.51. The van der Waals surface area contributed by atoms with Gasteiger partial charge in [0.25, 0.3) is 0 Å². The van der Waals surface area contributed by atoms with Gasteiger partial charge in [-0.3, -0.25) is 4.79 Å². The van der Waals surface area contributed by atoms with E-state index in [2.05, 4.69) is 17.3 Å². The highest BCUT2D eigenvalue weighted by Crippen LogP contribution is 1.96. The lowest BCUT2D eigenvalue weighted by Gasteiger charge is -2.30. The van der Waals surface area contributed by atoms with Crippen LogP contribution in [0, 0.1) is 0 Å². The van der Waals surface area contributed by atoms with E-state index in [4.69, 9.17) is 4.74 Å². The Balaban J connectivity index is 0. The number of hydrogen-bond donors (Lipinski definition) is 1. The average Bonchev–Trinajstić information content (AvgIpc) is 2.32. The van der Waals surface area contributed by atoms with Gasteiger partial charge in [-0.1, -0.05) is 27.7 Å². The van der Waals surface area contributed by atoms with E-state index in [-0.39, 0.29) is 5.97 Å². The third kappa shape index (κ3) is 9.93. The number of likely N-dealkylation sites (N-methyl/N-ethyl adjacent to an activating group) is 1. The average molecular weight is 232 g/mol. The fraction of sp³-hybridized carbons (Fsp3) is 0.917. The molecule has 1 rings (SSSR count). The summed E-state index contributed by atoms with van der Waals surface area (Å²) < 4.78 is 4.90. The molecule has 0 aromatic carbocycles. The van der Waals surface area contributed by atoms with Crippen LogP contribution in [0.4, 0.5) is 0 Å². The van der Waals surface area contributed by atoms with Crippen molar-refractivity contribution in [3.63, 3.8) is 0 Å². The summed E-state index contributed by atoms with van der Waals surface area (Å²) >= 11 is 0. The number of ether oxygens (including phenoxy) is 1. The Morgan fingerprint density at radius 2 is 1.94 bits per heavy atom. The van der Waals surface area contributed by atoms with Crippen molar-refractivity contribution in [1.82, 2.24) is 10.2 Å². The van der Waals surface area contributed by atoms with Crippen molar-refractivity contribution in [3.05, 3.63) is 0 Å². The van der Waals surface area contributed by atoms with Crippen LogP contribution in [0.2, 0.25) is 0 Å². The van der Waals surface area contributed by atoms with Gasteiger partial charge in [-0.25, -0.2) is 0 Å². The third-order valence-electron chi connectivity index (χ3n) is 1.95. The molecule has 1 aliphatic heterocycles. The molecule has 0 bridgehead atoms. The van der Waals surface area contributed by atoms with Crippen LogP contribution in [-0.2, 0) is 9.53 Å². The Morgan fingerprint density at radius 3 is 2.38 bits per heavy atom. The summed E-state index contributed by atoms with van der Waals surface area (Å²) in [5, 5.41) is 3.29. The maximum absolute atomic E-state index is 10.5. The lowest BCUT2D eigenvalue weighted by atomic mass is 10.2. The second kappa shape index (κ2) is 12.5. The van der Waals surface area contributed by atoms with Gasteiger partial charge in [0, 0.05) is 26.6 Å². The van der Waals surface area contributed by atoms with Gasteiger partial charge in [0.05, 0.1) is 6.04 Å². The summed E-state index contributed by atoms with van der Waals surface area (Å²) in [6.45, 7) is 12.9. The number of rotatable bonds is 2. The molecular formula is C12H28N2O2. The zero-order valence-corrected chi connectivity index (χ0v) is 11.7. The van der Waals surface area contributed by atoms with E-state index in [9.17, 15) is 4.79 Å². The number of carbonyl (C=O) groups is 1. The predicted octanol–water partition coefficient (Wildman–Crippen LogP) is 1.51. The van der Waals surface area contributed by atoms with Gasteiger partial charge in [0.15, 0.2) is 0 Å². The molecule has 1 fully saturated rings. The van der Waals surface area contributed by atoms with Crippen molar-refractivity contribution >= 4 is 5.97 Å². The minimum atomic E-state index is -0.204. The first-order valence-electron chi connectivity index (χ1n) is 6.24. The van der Waals surface area contributed by atoms with Crippen molar-refractivity contribution in [1.29, 1.82) is 0 Å². The van der Waals surface area contributed by atoms with E-state index in [1.807, 2.05) is 27.7 Å². The molecule has 1 saturated heterocycles. The number of hydrogen-bond acceptors (Lipinski definition) is 4. The first-order valence-corrected chi connectivity index (χ1v) is 6.24. The highest BCUT2D eigenvalue weighted by molar-refractivity contribution is 5.65. The van der Waals surface area contributed by atoms with Crippen molar-refractivity contribution in [2.75, 3.05) is 33.3 Å². The number of nitrogens with one attached hydrogen (secondary N) is 1. The summed E-state index contributed by atoms with van der Waals surface area (Å²) in [7, 11) is 2.07. The number of esters is 1. The Hall–Kier alpha value is -0.610. The second-order valence-corrected chi connectivity index (χ2v) is 3.22. The SMILES string of the molecule is CC.CC.CC(=O)OCC1CN(C)CCN1. The van der Waals surface area contributed by atoms with Gasteiger partial charge in [-0.15, -0.1) is 0 Å². The molecule has 1 unspecified atom stereocenters. The molecule has 16 heavy (non-hydrogen) atoms. The van der Waals surface area contributed by atoms with E-state index in [1.165, 1.54) is 6.92 Å². The Morgan fingerprint density at radius 1 is 1.38 bits per heavy atom. The van der Waals surface area contributed by atoms with E-state index in [1.54, 1.807) is 0 Å². The van der Waals surface area contributed by atoms with Gasteiger partial charge in [0.1, 0.15) is 6.61 Å². The van der Waals surface area contributed by atoms with Crippen LogP contribution in [0.3, 0.4) is 0 Å². The van der Waals surface area contributed by atoms with Gasteiger partial charge >= 0.3 is 5.97 Å².